The molecule has 1 heterocycles. The zero-order chi connectivity index (χ0) is 13.1. The maximum Gasteiger partial charge on any atom is 0.0790 e. The van der Waals surface area contributed by atoms with Crippen LogP contribution in [0.2, 0.25) is 15.1 Å². The topological polar surface area (TPSA) is 36.7 Å². The maximum absolute atomic E-state index is 8.70. The lowest BCUT2D eigenvalue weighted by Gasteiger charge is -2.05. The number of halogens is 3. The van der Waals surface area contributed by atoms with Gasteiger partial charge in [-0.25, -0.2) is 0 Å². The summed E-state index contributed by atoms with van der Waals surface area (Å²) in [4.78, 5) is 4.35. The SMILES string of the molecule is N#CCc1nc(-c2ccc(Cl)c(Cl)c2)ccc1Cl. The summed E-state index contributed by atoms with van der Waals surface area (Å²) in [7, 11) is 0. The van der Waals surface area contributed by atoms with Gasteiger partial charge in [0.05, 0.1) is 38.9 Å². The van der Waals surface area contributed by atoms with Gasteiger partial charge in [0, 0.05) is 5.56 Å². The summed E-state index contributed by atoms with van der Waals surface area (Å²) in [6.07, 6.45) is 0.175. The molecule has 2 rings (SSSR count). The highest BCUT2D eigenvalue weighted by Crippen LogP contribution is 2.28. The summed E-state index contributed by atoms with van der Waals surface area (Å²) in [5, 5.41) is 10.1. The Hall–Kier alpha value is -1.27. The van der Waals surface area contributed by atoms with Crippen LogP contribution in [0.15, 0.2) is 30.3 Å². The largest absolute Gasteiger partial charge is 0.250 e. The van der Waals surface area contributed by atoms with Gasteiger partial charge in [-0.2, -0.15) is 5.26 Å². The summed E-state index contributed by atoms with van der Waals surface area (Å²) in [6.45, 7) is 0. The summed E-state index contributed by atoms with van der Waals surface area (Å²) in [5.41, 5.74) is 2.10. The quantitative estimate of drug-likeness (QED) is 0.800. The van der Waals surface area contributed by atoms with Gasteiger partial charge in [0.25, 0.3) is 0 Å². The van der Waals surface area contributed by atoms with Gasteiger partial charge in [0.2, 0.25) is 0 Å². The van der Waals surface area contributed by atoms with E-state index in [1.807, 2.05) is 12.1 Å². The molecule has 0 aliphatic carbocycles. The molecule has 0 aliphatic rings. The van der Waals surface area contributed by atoms with Crippen LogP contribution in [0.5, 0.6) is 0 Å². The first-order valence-corrected chi connectivity index (χ1v) is 6.23. The minimum atomic E-state index is 0.175. The third-order valence-corrected chi connectivity index (χ3v) is 3.46. The molecule has 90 valence electrons. The van der Waals surface area contributed by atoms with E-state index in [9.17, 15) is 0 Å². The fourth-order valence-corrected chi connectivity index (χ4v) is 1.97. The van der Waals surface area contributed by atoms with E-state index in [4.69, 9.17) is 40.1 Å². The van der Waals surface area contributed by atoms with E-state index in [1.54, 1.807) is 24.3 Å². The van der Waals surface area contributed by atoms with Crippen LogP contribution in [0, 0.1) is 11.3 Å². The molecule has 0 fully saturated rings. The van der Waals surface area contributed by atoms with Crippen LogP contribution in [-0.2, 0) is 6.42 Å². The highest BCUT2D eigenvalue weighted by atomic mass is 35.5. The van der Waals surface area contributed by atoms with Crippen LogP contribution in [-0.4, -0.2) is 4.98 Å². The molecular weight excluding hydrogens is 291 g/mol. The van der Waals surface area contributed by atoms with Crippen LogP contribution in [0.25, 0.3) is 11.3 Å². The zero-order valence-corrected chi connectivity index (χ0v) is 11.4. The van der Waals surface area contributed by atoms with Crippen molar-refractivity contribution in [2.45, 2.75) is 6.42 Å². The second kappa shape index (κ2) is 5.58. The Kier molecular flexibility index (Phi) is 4.08. The van der Waals surface area contributed by atoms with E-state index < -0.39 is 0 Å². The molecule has 0 amide bonds. The Bertz CT molecular complexity index is 633. The van der Waals surface area contributed by atoms with Crippen molar-refractivity contribution in [1.82, 2.24) is 4.98 Å². The molecule has 0 unspecified atom stereocenters. The number of rotatable bonds is 2. The molecule has 0 atom stereocenters. The summed E-state index contributed by atoms with van der Waals surface area (Å²) in [5.74, 6) is 0. The van der Waals surface area contributed by atoms with Crippen molar-refractivity contribution >= 4 is 34.8 Å². The number of hydrogen-bond donors (Lipinski definition) is 0. The van der Waals surface area contributed by atoms with Gasteiger partial charge >= 0.3 is 0 Å². The lowest BCUT2D eigenvalue weighted by Crippen LogP contribution is -1.92. The molecule has 0 saturated heterocycles. The van der Waals surface area contributed by atoms with Gasteiger partial charge in [0.15, 0.2) is 0 Å². The number of nitriles is 1. The van der Waals surface area contributed by atoms with Crippen LogP contribution in [0.3, 0.4) is 0 Å². The predicted molar refractivity (Wildman–Crippen MR) is 74.0 cm³/mol. The molecule has 0 saturated carbocycles. The normalized spacial score (nSPS) is 10.1. The fourth-order valence-electron chi connectivity index (χ4n) is 1.50. The van der Waals surface area contributed by atoms with Crippen LogP contribution in [0.4, 0.5) is 0 Å². The predicted octanol–water partition coefficient (Wildman–Crippen LogP) is 4.77. The van der Waals surface area contributed by atoms with Crippen molar-refractivity contribution in [3.8, 4) is 17.3 Å². The smallest absolute Gasteiger partial charge is 0.0790 e. The summed E-state index contributed by atoms with van der Waals surface area (Å²) >= 11 is 17.8. The van der Waals surface area contributed by atoms with E-state index in [-0.39, 0.29) is 6.42 Å². The van der Waals surface area contributed by atoms with Crippen molar-refractivity contribution in [2.24, 2.45) is 0 Å². The Balaban J connectivity index is 2.48. The molecule has 0 radical (unpaired) electrons. The van der Waals surface area contributed by atoms with E-state index in [0.717, 1.165) is 5.56 Å². The van der Waals surface area contributed by atoms with Gasteiger partial charge in [-0.3, -0.25) is 4.98 Å². The molecule has 1 aromatic carbocycles. The van der Waals surface area contributed by atoms with Crippen LogP contribution >= 0.6 is 34.8 Å². The first-order chi connectivity index (χ1) is 8.61. The maximum atomic E-state index is 8.70. The minimum Gasteiger partial charge on any atom is -0.250 e. The standard InChI is InChI=1S/C13H7Cl3N2/c14-9-2-1-8(7-11(9)16)12-4-3-10(15)13(18-12)5-6-17/h1-4,7H,5H2. The average Bonchev–Trinajstić information content (AvgIpc) is 2.36. The van der Waals surface area contributed by atoms with E-state index >= 15 is 0 Å². The molecule has 0 aliphatic heterocycles. The Morgan fingerprint density at radius 3 is 2.39 bits per heavy atom. The third kappa shape index (κ3) is 2.76. The number of aromatic nitrogens is 1. The Labute approximate surface area is 120 Å². The zero-order valence-electron chi connectivity index (χ0n) is 9.12. The molecule has 2 nitrogen and oxygen atoms in total. The van der Waals surface area contributed by atoms with Crippen molar-refractivity contribution in [1.29, 1.82) is 5.26 Å². The van der Waals surface area contributed by atoms with Crippen LogP contribution in [0.1, 0.15) is 5.69 Å². The van der Waals surface area contributed by atoms with Crippen molar-refractivity contribution in [3.63, 3.8) is 0 Å². The number of pyridine rings is 1. The van der Waals surface area contributed by atoms with Gasteiger partial charge in [0.1, 0.15) is 0 Å². The minimum absolute atomic E-state index is 0.175. The first kappa shape index (κ1) is 13.2. The summed E-state index contributed by atoms with van der Waals surface area (Å²) in [6, 6.07) is 10.8. The Morgan fingerprint density at radius 2 is 1.72 bits per heavy atom. The molecule has 0 N–H and O–H groups in total. The molecule has 5 heteroatoms. The molecule has 18 heavy (non-hydrogen) atoms. The summed E-state index contributed by atoms with van der Waals surface area (Å²) < 4.78 is 0. The highest BCUT2D eigenvalue weighted by Gasteiger charge is 2.07. The van der Waals surface area contributed by atoms with E-state index in [0.29, 0.717) is 26.5 Å². The van der Waals surface area contributed by atoms with Gasteiger partial charge in [-0.05, 0) is 24.3 Å². The van der Waals surface area contributed by atoms with Gasteiger partial charge in [-0.15, -0.1) is 0 Å². The fraction of sp³-hybridized carbons (Fsp3) is 0.0769. The van der Waals surface area contributed by atoms with Crippen molar-refractivity contribution < 1.29 is 0 Å². The van der Waals surface area contributed by atoms with Gasteiger partial charge < -0.3 is 0 Å². The lowest BCUT2D eigenvalue weighted by atomic mass is 10.1. The first-order valence-electron chi connectivity index (χ1n) is 5.09. The molecular formula is C13H7Cl3N2. The molecule has 1 aromatic heterocycles. The van der Waals surface area contributed by atoms with E-state index in [2.05, 4.69) is 4.98 Å². The molecule has 0 bridgehead atoms. The van der Waals surface area contributed by atoms with E-state index in [1.165, 1.54) is 0 Å². The lowest BCUT2D eigenvalue weighted by molar-refractivity contribution is 1.12. The second-order valence-corrected chi connectivity index (χ2v) is 4.81. The average molecular weight is 298 g/mol. The number of hydrogen-bond acceptors (Lipinski definition) is 2. The molecule has 0 spiro atoms. The van der Waals surface area contributed by atoms with Crippen molar-refractivity contribution in [2.75, 3.05) is 0 Å². The third-order valence-electron chi connectivity index (χ3n) is 2.38. The molecule has 2 aromatic rings. The number of benzene rings is 1. The van der Waals surface area contributed by atoms with Crippen molar-refractivity contribution in [3.05, 3.63) is 51.1 Å². The van der Waals surface area contributed by atoms with Gasteiger partial charge in [-0.1, -0.05) is 40.9 Å². The number of nitrogens with zero attached hydrogens (tertiary/aromatic N) is 2. The highest BCUT2D eigenvalue weighted by molar-refractivity contribution is 6.42. The Morgan fingerprint density at radius 1 is 1.00 bits per heavy atom. The van der Waals surface area contributed by atoms with Crippen LogP contribution < -0.4 is 0 Å². The monoisotopic (exact) mass is 296 g/mol. The second-order valence-electron chi connectivity index (χ2n) is 3.59.